The Hall–Kier alpha value is -1.29. The second kappa shape index (κ2) is 14.8. The van der Waals surface area contributed by atoms with Crippen molar-refractivity contribution in [1.82, 2.24) is 0 Å². The second-order valence-electron chi connectivity index (χ2n) is 7.23. The SMILES string of the molecule is CCCCCCCCCCCCCCCOC(=S)c1ccc(N)cc1N. The van der Waals surface area contributed by atoms with Crippen molar-refractivity contribution in [3.63, 3.8) is 0 Å². The molecule has 0 amide bonds. The van der Waals surface area contributed by atoms with Crippen LogP contribution in [0.15, 0.2) is 18.2 Å². The summed E-state index contributed by atoms with van der Waals surface area (Å²) >= 11 is 5.30. The molecule has 3 nitrogen and oxygen atoms in total. The molecule has 0 saturated carbocycles. The van der Waals surface area contributed by atoms with Crippen LogP contribution < -0.4 is 11.5 Å². The van der Waals surface area contributed by atoms with Gasteiger partial charge in [0, 0.05) is 11.4 Å². The van der Waals surface area contributed by atoms with E-state index in [1.807, 2.05) is 6.07 Å². The number of nitrogen functional groups attached to an aromatic ring is 2. The van der Waals surface area contributed by atoms with Gasteiger partial charge >= 0.3 is 0 Å². The summed E-state index contributed by atoms with van der Waals surface area (Å²) in [5.41, 5.74) is 13.6. The van der Waals surface area contributed by atoms with E-state index in [-0.39, 0.29) is 0 Å². The first-order valence-electron chi connectivity index (χ1n) is 10.5. The Morgan fingerprint density at radius 2 is 1.31 bits per heavy atom. The first-order valence-corrected chi connectivity index (χ1v) is 10.9. The number of anilines is 2. The number of unbranched alkanes of at least 4 members (excludes halogenated alkanes) is 12. The van der Waals surface area contributed by atoms with Gasteiger partial charge in [-0.3, -0.25) is 0 Å². The van der Waals surface area contributed by atoms with Gasteiger partial charge in [-0.15, -0.1) is 0 Å². The molecular formula is C22H38N2OS. The van der Waals surface area contributed by atoms with Gasteiger partial charge < -0.3 is 16.2 Å². The minimum absolute atomic E-state index is 0.474. The molecule has 4 heteroatoms. The number of ether oxygens (including phenoxy) is 1. The van der Waals surface area contributed by atoms with Crippen LogP contribution in [0.2, 0.25) is 0 Å². The largest absolute Gasteiger partial charge is 0.483 e. The standard InChI is InChI=1S/C22H38N2OS/c1-2-3-4-5-6-7-8-9-10-11-12-13-14-17-25-22(26)20-16-15-19(23)18-21(20)24/h15-16,18H,2-14,17,23-24H2,1H3. The predicted molar refractivity (Wildman–Crippen MR) is 119 cm³/mol. The number of rotatable bonds is 15. The van der Waals surface area contributed by atoms with Gasteiger partial charge in [-0.1, -0.05) is 84.0 Å². The maximum atomic E-state index is 5.92. The van der Waals surface area contributed by atoms with Gasteiger partial charge in [0.1, 0.15) is 0 Å². The lowest BCUT2D eigenvalue weighted by Crippen LogP contribution is -2.08. The molecule has 148 valence electrons. The third-order valence-electron chi connectivity index (χ3n) is 4.78. The number of hydrogen-bond donors (Lipinski definition) is 2. The summed E-state index contributed by atoms with van der Waals surface area (Å²) in [5.74, 6) is 0. The summed E-state index contributed by atoms with van der Waals surface area (Å²) in [5, 5.41) is 0.474. The molecule has 0 aliphatic rings. The highest BCUT2D eigenvalue weighted by atomic mass is 32.1. The Balaban J connectivity index is 1.91. The van der Waals surface area contributed by atoms with Gasteiger partial charge in [0.2, 0.25) is 0 Å². The molecule has 0 unspecified atom stereocenters. The van der Waals surface area contributed by atoms with Crippen LogP contribution in [0.25, 0.3) is 0 Å². The molecule has 0 aliphatic carbocycles. The van der Waals surface area contributed by atoms with E-state index in [0.717, 1.165) is 12.0 Å². The molecule has 1 rings (SSSR count). The molecule has 0 aromatic heterocycles. The van der Waals surface area contributed by atoms with Gasteiger partial charge in [-0.25, -0.2) is 0 Å². The van der Waals surface area contributed by atoms with Crippen LogP contribution in [0.3, 0.4) is 0 Å². The lowest BCUT2D eigenvalue weighted by molar-refractivity contribution is 0.300. The van der Waals surface area contributed by atoms with E-state index in [0.29, 0.717) is 23.0 Å². The van der Waals surface area contributed by atoms with Crippen LogP contribution in [-0.4, -0.2) is 11.7 Å². The highest BCUT2D eigenvalue weighted by Crippen LogP contribution is 2.18. The molecule has 0 bridgehead atoms. The van der Waals surface area contributed by atoms with Crippen molar-refractivity contribution in [3.05, 3.63) is 23.8 Å². The Kier molecular flexibility index (Phi) is 13.0. The Labute approximate surface area is 165 Å². The first-order chi connectivity index (χ1) is 12.6. The van der Waals surface area contributed by atoms with Crippen molar-refractivity contribution in [3.8, 4) is 0 Å². The Bertz CT molecular complexity index is 505. The van der Waals surface area contributed by atoms with Crippen molar-refractivity contribution < 1.29 is 4.74 Å². The summed E-state index contributed by atoms with van der Waals surface area (Å²) in [4.78, 5) is 0. The third kappa shape index (κ3) is 10.6. The van der Waals surface area contributed by atoms with Crippen LogP contribution in [0.5, 0.6) is 0 Å². The van der Waals surface area contributed by atoms with Crippen LogP contribution in [-0.2, 0) is 4.74 Å². The van der Waals surface area contributed by atoms with Crippen molar-refractivity contribution >= 4 is 28.6 Å². The van der Waals surface area contributed by atoms with E-state index in [4.69, 9.17) is 28.4 Å². The maximum absolute atomic E-state index is 5.92. The molecule has 0 fully saturated rings. The summed E-state index contributed by atoms with van der Waals surface area (Å²) in [6.45, 7) is 2.94. The zero-order valence-corrected chi connectivity index (χ0v) is 17.4. The lowest BCUT2D eigenvalue weighted by atomic mass is 10.0. The molecular weight excluding hydrogens is 340 g/mol. The van der Waals surface area contributed by atoms with Crippen LogP contribution in [0.1, 0.15) is 96.0 Å². The molecule has 1 aromatic carbocycles. The monoisotopic (exact) mass is 378 g/mol. The first kappa shape index (κ1) is 22.8. The van der Waals surface area contributed by atoms with E-state index >= 15 is 0 Å². The quantitative estimate of drug-likeness (QED) is 0.204. The van der Waals surface area contributed by atoms with Gasteiger partial charge in [-0.2, -0.15) is 0 Å². The highest BCUT2D eigenvalue weighted by Gasteiger charge is 2.07. The molecule has 1 aromatic rings. The number of nitrogens with two attached hydrogens (primary N) is 2. The van der Waals surface area contributed by atoms with E-state index in [1.54, 1.807) is 12.1 Å². The lowest BCUT2D eigenvalue weighted by Gasteiger charge is -2.10. The second-order valence-corrected chi connectivity index (χ2v) is 7.60. The van der Waals surface area contributed by atoms with E-state index in [9.17, 15) is 0 Å². The summed E-state index contributed by atoms with van der Waals surface area (Å²) in [7, 11) is 0. The molecule has 0 aliphatic heterocycles. The summed E-state index contributed by atoms with van der Waals surface area (Å²) in [6.07, 6.45) is 17.5. The van der Waals surface area contributed by atoms with Crippen LogP contribution in [0.4, 0.5) is 11.4 Å². The molecule has 26 heavy (non-hydrogen) atoms. The van der Waals surface area contributed by atoms with Gasteiger partial charge in [0.25, 0.3) is 0 Å². The third-order valence-corrected chi connectivity index (χ3v) is 5.11. The molecule has 0 heterocycles. The van der Waals surface area contributed by atoms with Crippen LogP contribution in [0, 0.1) is 0 Å². The maximum Gasteiger partial charge on any atom is 0.193 e. The topological polar surface area (TPSA) is 61.3 Å². The van der Waals surface area contributed by atoms with Crippen LogP contribution >= 0.6 is 12.2 Å². The zero-order chi connectivity index (χ0) is 19.0. The number of benzene rings is 1. The van der Waals surface area contributed by atoms with Crippen molar-refractivity contribution in [2.75, 3.05) is 18.1 Å². The van der Waals surface area contributed by atoms with Crippen molar-refractivity contribution in [2.45, 2.75) is 90.4 Å². The van der Waals surface area contributed by atoms with Gasteiger partial charge in [0.05, 0.1) is 12.2 Å². The minimum Gasteiger partial charge on any atom is -0.483 e. The fraction of sp³-hybridized carbons (Fsp3) is 0.682. The predicted octanol–water partition coefficient (Wildman–Crippen LogP) is 6.63. The molecule has 0 saturated heterocycles. The number of thiocarbonyl (C=S) groups is 1. The van der Waals surface area contributed by atoms with E-state index in [2.05, 4.69) is 6.92 Å². The van der Waals surface area contributed by atoms with Crippen molar-refractivity contribution in [1.29, 1.82) is 0 Å². The number of hydrogen-bond acceptors (Lipinski definition) is 4. The molecule has 0 radical (unpaired) electrons. The zero-order valence-electron chi connectivity index (χ0n) is 16.6. The fourth-order valence-electron chi connectivity index (χ4n) is 3.13. The smallest absolute Gasteiger partial charge is 0.193 e. The average molecular weight is 379 g/mol. The normalized spacial score (nSPS) is 10.8. The van der Waals surface area contributed by atoms with Gasteiger partial charge in [-0.05, 0) is 36.8 Å². The minimum atomic E-state index is 0.474. The average Bonchev–Trinajstić information content (AvgIpc) is 2.61. The van der Waals surface area contributed by atoms with E-state index in [1.165, 1.54) is 77.0 Å². The Morgan fingerprint density at radius 1 is 0.808 bits per heavy atom. The highest BCUT2D eigenvalue weighted by molar-refractivity contribution is 7.80. The molecule has 0 spiro atoms. The fourth-order valence-corrected chi connectivity index (χ4v) is 3.40. The summed E-state index contributed by atoms with van der Waals surface area (Å²) < 4.78 is 5.66. The molecule has 0 atom stereocenters. The Morgan fingerprint density at radius 3 is 1.81 bits per heavy atom. The molecule has 4 N–H and O–H groups in total. The van der Waals surface area contributed by atoms with E-state index < -0.39 is 0 Å². The van der Waals surface area contributed by atoms with Gasteiger partial charge in [0.15, 0.2) is 5.05 Å². The van der Waals surface area contributed by atoms with Crippen molar-refractivity contribution in [2.24, 2.45) is 0 Å². The summed E-state index contributed by atoms with van der Waals surface area (Å²) in [6, 6.07) is 5.35.